The van der Waals surface area contributed by atoms with Gasteiger partial charge in [-0.05, 0) is 74.5 Å². The van der Waals surface area contributed by atoms with Crippen molar-refractivity contribution in [1.29, 1.82) is 0 Å². The molecule has 6 rings (SSSR count). The molecule has 0 aromatic heterocycles. The fourth-order valence-corrected chi connectivity index (χ4v) is 4.55. The molecule has 0 N–H and O–H groups in total. The maximum atomic E-state index is 4.13. The van der Waals surface area contributed by atoms with Gasteiger partial charge in [-0.3, -0.25) is 0 Å². The second-order valence-electron chi connectivity index (χ2n) is 7.72. The molecule has 2 unspecified atom stereocenters. The molecule has 0 spiro atoms. The molecule has 0 aromatic rings. The zero-order chi connectivity index (χ0) is 12.9. The van der Waals surface area contributed by atoms with E-state index in [2.05, 4.69) is 33.4 Å². The first-order valence-corrected chi connectivity index (χ1v) is 7.82. The van der Waals surface area contributed by atoms with Crippen LogP contribution in [-0.4, -0.2) is 0 Å². The predicted molar refractivity (Wildman–Crippen MR) is 78.3 cm³/mol. The van der Waals surface area contributed by atoms with Gasteiger partial charge in [0.05, 0.1) is 0 Å². The van der Waals surface area contributed by atoms with E-state index in [1.165, 1.54) is 44.1 Å². The Labute approximate surface area is 113 Å². The van der Waals surface area contributed by atoms with Crippen LogP contribution in [0.25, 0.3) is 0 Å². The van der Waals surface area contributed by atoms with Gasteiger partial charge in [0, 0.05) is 0 Å². The fraction of sp³-hybridized carbons (Fsp3) is 0.778. The van der Waals surface area contributed by atoms with Gasteiger partial charge >= 0.3 is 0 Å². The van der Waals surface area contributed by atoms with Gasteiger partial charge in [0.15, 0.2) is 0 Å². The minimum Gasteiger partial charge on any atom is -0.0996 e. The Morgan fingerprint density at radius 1 is 1.22 bits per heavy atom. The summed E-state index contributed by atoms with van der Waals surface area (Å²) in [5, 5.41) is 0. The molecule has 4 saturated carbocycles. The van der Waals surface area contributed by atoms with Crippen LogP contribution in [0.1, 0.15) is 59.3 Å². The molecule has 6 aliphatic carbocycles. The highest BCUT2D eigenvalue weighted by molar-refractivity contribution is 5.18. The van der Waals surface area contributed by atoms with Gasteiger partial charge in [-0.2, -0.15) is 0 Å². The van der Waals surface area contributed by atoms with Gasteiger partial charge in [-0.15, -0.1) is 0 Å². The third kappa shape index (κ3) is 1.89. The normalized spacial score (nSPS) is 42.8. The number of fused-ring (bicyclic) bond motifs is 3. The summed E-state index contributed by atoms with van der Waals surface area (Å²) >= 11 is 0. The third-order valence-electron chi connectivity index (χ3n) is 6.43. The van der Waals surface area contributed by atoms with Crippen LogP contribution >= 0.6 is 0 Å². The molecule has 0 aliphatic heterocycles. The smallest absolute Gasteiger partial charge is 0.0149 e. The van der Waals surface area contributed by atoms with E-state index in [1.54, 1.807) is 5.57 Å². The Morgan fingerprint density at radius 3 is 2.22 bits per heavy atom. The quantitative estimate of drug-likeness (QED) is 0.503. The van der Waals surface area contributed by atoms with E-state index in [9.17, 15) is 0 Å². The van der Waals surface area contributed by atoms with Crippen LogP contribution in [0, 0.1) is 29.1 Å². The van der Waals surface area contributed by atoms with Crippen molar-refractivity contribution in [3.05, 3.63) is 23.8 Å². The zero-order valence-corrected chi connectivity index (χ0v) is 12.3. The molecular formula is C18H28. The predicted octanol–water partition coefficient (Wildman–Crippen LogP) is 5.36. The van der Waals surface area contributed by atoms with Crippen molar-refractivity contribution >= 4 is 0 Å². The molecule has 0 saturated heterocycles. The summed E-state index contributed by atoms with van der Waals surface area (Å²) in [5.41, 5.74) is 3.79. The zero-order valence-electron chi connectivity index (χ0n) is 12.3. The van der Waals surface area contributed by atoms with Crippen LogP contribution < -0.4 is 0 Å². The van der Waals surface area contributed by atoms with Crippen molar-refractivity contribution < 1.29 is 0 Å². The number of rotatable bonds is 0. The van der Waals surface area contributed by atoms with Crippen LogP contribution in [0.15, 0.2) is 23.8 Å². The largest absolute Gasteiger partial charge is 0.0996 e. The summed E-state index contributed by atoms with van der Waals surface area (Å²) in [6.45, 7) is 11.2. The van der Waals surface area contributed by atoms with Crippen molar-refractivity contribution in [1.82, 2.24) is 0 Å². The van der Waals surface area contributed by atoms with Crippen molar-refractivity contribution in [2.45, 2.75) is 59.3 Å². The summed E-state index contributed by atoms with van der Waals surface area (Å²) in [6, 6.07) is 0. The minimum atomic E-state index is 0.606. The maximum absolute atomic E-state index is 4.13. The van der Waals surface area contributed by atoms with Crippen LogP contribution in [0.2, 0.25) is 0 Å². The summed E-state index contributed by atoms with van der Waals surface area (Å²) in [6.07, 6.45) is 10.9. The Balaban J connectivity index is 0.000000114. The van der Waals surface area contributed by atoms with E-state index in [1.807, 2.05) is 0 Å². The number of hydrogen-bond acceptors (Lipinski definition) is 0. The average Bonchev–Trinajstić information content (AvgIpc) is 2.28. The third-order valence-corrected chi connectivity index (χ3v) is 6.43. The highest BCUT2D eigenvalue weighted by Gasteiger charge is 2.51. The topological polar surface area (TPSA) is 0 Å². The standard InChI is InChI=1S/C10H16.C8H12/c1-7-4-5-8-6-9(7)10(8,2)3;1-6-2-3-7-4-8(6)5-7/h8-9H,1,4-6H2,2-3H3;2,7-8H,3-5H2,1H3. The molecule has 6 aliphatic rings. The second-order valence-corrected chi connectivity index (χ2v) is 7.72. The Hall–Kier alpha value is -0.520. The molecule has 4 fully saturated rings. The first kappa shape index (κ1) is 12.5. The molecule has 100 valence electrons. The van der Waals surface area contributed by atoms with Gasteiger partial charge in [0.2, 0.25) is 0 Å². The van der Waals surface area contributed by atoms with Crippen molar-refractivity contribution in [3.63, 3.8) is 0 Å². The average molecular weight is 244 g/mol. The molecule has 0 nitrogen and oxygen atoms in total. The first-order chi connectivity index (χ1) is 8.48. The Bertz CT molecular complexity index is 377. The fourth-order valence-electron chi connectivity index (χ4n) is 4.55. The SMILES string of the molecule is C=C1CCC2CC1C2(C)C.CC1=CCC2CC1C2. The summed E-state index contributed by atoms with van der Waals surface area (Å²) < 4.78 is 0. The van der Waals surface area contributed by atoms with E-state index in [-0.39, 0.29) is 0 Å². The minimum absolute atomic E-state index is 0.606. The van der Waals surface area contributed by atoms with Gasteiger partial charge in [-0.1, -0.05) is 37.6 Å². The molecular weight excluding hydrogens is 216 g/mol. The van der Waals surface area contributed by atoms with E-state index in [0.717, 1.165) is 23.7 Å². The highest BCUT2D eigenvalue weighted by atomic mass is 14.6. The van der Waals surface area contributed by atoms with E-state index in [4.69, 9.17) is 0 Å². The molecule has 4 bridgehead atoms. The first-order valence-electron chi connectivity index (χ1n) is 7.82. The highest BCUT2D eigenvalue weighted by Crippen LogP contribution is 2.60. The van der Waals surface area contributed by atoms with Gasteiger partial charge < -0.3 is 0 Å². The monoisotopic (exact) mass is 244 g/mol. The molecule has 2 atom stereocenters. The van der Waals surface area contributed by atoms with E-state index in [0.29, 0.717) is 5.41 Å². The Kier molecular flexibility index (Phi) is 2.95. The van der Waals surface area contributed by atoms with Gasteiger partial charge in [0.1, 0.15) is 0 Å². The van der Waals surface area contributed by atoms with Crippen molar-refractivity contribution in [3.8, 4) is 0 Å². The molecule has 0 heteroatoms. The lowest BCUT2D eigenvalue weighted by atomic mass is 9.47. The molecule has 0 radical (unpaired) electrons. The van der Waals surface area contributed by atoms with Crippen LogP contribution in [0.5, 0.6) is 0 Å². The number of hydrogen-bond donors (Lipinski definition) is 0. The van der Waals surface area contributed by atoms with E-state index < -0.39 is 0 Å². The van der Waals surface area contributed by atoms with Crippen LogP contribution in [-0.2, 0) is 0 Å². The molecule has 0 heterocycles. The van der Waals surface area contributed by atoms with Crippen molar-refractivity contribution in [2.75, 3.05) is 0 Å². The molecule has 18 heavy (non-hydrogen) atoms. The van der Waals surface area contributed by atoms with Gasteiger partial charge in [0.25, 0.3) is 0 Å². The van der Waals surface area contributed by atoms with Crippen molar-refractivity contribution in [2.24, 2.45) is 29.1 Å². The summed E-state index contributed by atoms with van der Waals surface area (Å²) in [7, 11) is 0. The van der Waals surface area contributed by atoms with Crippen LogP contribution in [0.4, 0.5) is 0 Å². The molecule has 0 aromatic carbocycles. The second kappa shape index (κ2) is 4.25. The molecule has 0 amide bonds. The lowest BCUT2D eigenvalue weighted by Gasteiger charge is -2.57. The maximum Gasteiger partial charge on any atom is -0.0149 e. The summed E-state index contributed by atoms with van der Waals surface area (Å²) in [4.78, 5) is 0. The van der Waals surface area contributed by atoms with Gasteiger partial charge in [-0.25, -0.2) is 0 Å². The summed E-state index contributed by atoms with van der Waals surface area (Å²) in [5.74, 6) is 3.98. The van der Waals surface area contributed by atoms with Crippen LogP contribution in [0.3, 0.4) is 0 Å². The van der Waals surface area contributed by atoms with E-state index >= 15 is 0 Å². The lowest BCUT2D eigenvalue weighted by Crippen LogP contribution is -2.48. The lowest BCUT2D eigenvalue weighted by molar-refractivity contribution is -0.0273. The number of allylic oxidation sites excluding steroid dienone is 3. The Morgan fingerprint density at radius 2 is 1.94 bits per heavy atom.